The van der Waals surface area contributed by atoms with Crippen LogP contribution in [0.15, 0.2) is 24.3 Å². The summed E-state index contributed by atoms with van der Waals surface area (Å²) in [5.74, 6) is 1.54. The van der Waals surface area contributed by atoms with Gasteiger partial charge in [-0.05, 0) is 50.6 Å². The average molecular weight is 322 g/mol. The summed E-state index contributed by atoms with van der Waals surface area (Å²) >= 11 is 0. The predicted molar refractivity (Wildman–Crippen MR) is 87.8 cm³/mol. The lowest BCUT2D eigenvalue weighted by Gasteiger charge is -2.21. The summed E-state index contributed by atoms with van der Waals surface area (Å²) < 4.78 is 10.9. The first-order valence-electron chi connectivity index (χ1n) is 8.20. The Morgan fingerprint density at radius 2 is 2.00 bits per heavy atom. The van der Waals surface area contributed by atoms with Crippen LogP contribution in [0.2, 0.25) is 0 Å². The summed E-state index contributed by atoms with van der Waals surface area (Å²) in [5, 5.41) is 12.1. The number of benzene rings is 1. The number of hydrogen-bond acceptors (Lipinski definition) is 5. The first-order chi connectivity index (χ1) is 11.2. The topological polar surface area (TPSA) is 71.0 Å². The lowest BCUT2D eigenvalue weighted by atomic mass is 10.2. The normalized spacial score (nSPS) is 17.9. The van der Waals surface area contributed by atoms with Gasteiger partial charge in [0.15, 0.2) is 0 Å². The number of ether oxygens (including phenoxy) is 2. The highest BCUT2D eigenvalue weighted by Gasteiger charge is 2.25. The first-order valence-corrected chi connectivity index (χ1v) is 8.20. The highest BCUT2D eigenvalue weighted by Crippen LogP contribution is 2.17. The zero-order valence-electron chi connectivity index (χ0n) is 13.7. The van der Waals surface area contributed by atoms with Gasteiger partial charge in [-0.3, -0.25) is 9.69 Å². The van der Waals surface area contributed by atoms with Crippen LogP contribution in [-0.2, 0) is 4.79 Å². The molecule has 2 N–H and O–H groups in total. The van der Waals surface area contributed by atoms with E-state index in [1.807, 2.05) is 36.1 Å². The van der Waals surface area contributed by atoms with Crippen molar-refractivity contribution in [2.75, 3.05) is 39.5 Å². The molecule has 1 fully saturated rings. The third kappa shape index (κ3) is 5.73. The second kappa shape index (κ2) is 9.37. The Hall–Kier alpha value is -1.79. The predicted octanol–water partition coefficient (Wildman–Crippen LogP) is 1.04. The SMILES string of the molecule is CCOc1ccc(OCCNC(=O)CN2CCC[C@H]2CO)cc1. The van der Waals surface area contributed by atoms with E-state index in [1.165, 1.54) is 0 Å². The molecule has 0 aliphatic carbocycles. The molecule has 1 aliphatic heterocycles. The van der Waals surface area contributed by atoms with Crippen molar-refractivity contribution in [2.45, 2.75) is 25.8 Å². The van der Waals surface area contributed by atoms with Crippen LogP contribution < -0.4 is 14.8 Å². The van der Waals surface area contributed by atoms with Crippen molar-refractivity contribution in [1.82, 2.24) is 10.2 Å². The van der Waals surface area contributed by atoms with Crippen LogP contribution in [0.5, 0.6) is 11.5 Å². The van der Waals surface area contributed by atoms with Gasteiger partial charge in [-0.25, -0.2) is 0 Å². The van der Waals surface area contributed by atoms with E-state index in [0.717, 1.165) is 30.9 Å². The highest BCUT2D eigenvalue weighted by atomic mass is 16.5. The van der Waals surface area contributed by atoms with Crippen molar-refractivity contribution < 1.29 is 19.4 Å². The summed E-state index contributed by atoms with van der Waals surface area (Å²) in [5.41, 5.74) is 0. The molecule has 1 aliphatic rings. The number of aliphatic hydroxyl groups is 1. The van der Waals surface area contributed by atoms with Crippen LogP contribution >= 0.6 is 0 Å². The molecule has 2 rings (SSSR count). The molecule has 0 saturated carbocycles. The Kier molecular flexibility index (Phi) is 7.16. The Labute approximate surface area is 137 Å². The second-order valence-corrected chi connectivity index (χ2v) is 5.55. The van der Waals surface area contributed by atoms with Gasteiger partial charge in [0.1, 0.15) is 18.1 Å². The number of hydrogen-bond donors (Lipinski definition) is 2. The van der Waals surface area contributed by atoms with Crippen LogP contribution in [0.3, 0.4) is 0 Å². The van der Waals surface area contributed by atoms with Crippen LogP contribution in [0.1, 0.15) is 19.8 Å². The third-order valence-electron chi connectivity index (χ3n) is 3.88. The maximum atomic E-state index is 11.9. The number of nitrogens with zero attached hydrogens (tertiary/aromatic N) is 1. The number of carbonyl (C=O) groups excluding carboxylic acids is 1. The van der Waals surface area contributed by atoms with Crippen molar-refractivity contribution in [2.24, 2.45) is 0 Å². The highest BCUT2D eigenvalue weighted by molar-refractivity contribution is 5.78. The van der Waals surface area contributed by atoms with Crippen molar-refractivity contribution in [3.8, 4) is 11.5 Å². The van der Waals surface area contributed by atoms with E-state index in [4.69, 9.17) is 9.47 Å². The molecule has 0 aromatic heterocycles. The number of likely N-dealkylation sites (tertiary alicyclic amines) is 1. The lowest BCUT2D eigenvalue weighted by molar-refractivity contribution is -0.122. The maximum absolute atomic E-state index is 11.9. The van der Waals surface area contributed by atoms with Gasteiger partial charge in [0, 0.05) is 6.04 Å². The van der Waals surface area contributed by atoms with Crippen molar-refractivity contribution in [1.29, 1.82) is 0 Å². The number of amides is 1. The van der Waals surface area contributed by atoms with Crippen LogP contribution in [0.25, 0.3) is 0 Å². The van der Waals surface area contributed by atoms with Gasteiger partial charge in [0.25, 0.3) is 0 Å². The van der Waals surface area contributed by atoms with Crippen LogP contribution in [-0.4, -0.2) is 61.4 Å². The zero-order valence-corrected chi connectivity index (χ0v) is 13.7. The molecule has 1 aromatic rings. The van der Waals surface area contributed by atoms with Crippen LogP contribution in [0.4, 0.5) is 0 Å². The fourth-order valence-electron chi connectivity index (χ4n) is 2.71. The fraction of sp³-hybridized carbons (Fsp3) is 0.588. The van der Waals surface area contributed by atoms with Gasteiger partial charge in [-0.2, -0.15) is 0 Å². The summed E-state index contributed by atoms with van der Waals surface area (Å²) in [7, 11) is 0. The minimum Gasteiger partial charge on any atom is -0.494 e. The van der Waals surface area contributed by atoms with E-state index in [9.17, 15) is 9.90 Å². The number of carbonyl (C=O) groups is 1. The van der Waals surface area contributed by atoms with Crippen LogP contribution in [0, 0.1) is 0 Å². The Balaban J connectivity index is 1.62. The minimum absolute atomic E-state index is 0.0272. The first kappa shape index (κ1) is 17.6. The van der Waals surface area contributed by atoms with E-state index in [0.29, 0.717) is 26.3 Å². The molecule has 0 unspecified atom stereocenters. The summed E-state index contributed by atoms with van der Waals surface area (Å²) in [6.07, 6.45) is 2.00. The molecule has 6 heteroatoms. The van der Waals surface area contributed by atoms with Gasteiger partial charge in [0.2, 0.25) is 5.91 Å². The summed E-state index contributed by atoms with van der Waals surface area (Å²) in [6.45, 7) is 4.80. The van der Waals surface area contributed by atoms with E-state index in [1.54, 1.807) is 0 Å². The maximum Gasteiger partial charge on any atom is 0.234 e. The summed E-state index contributed by atoms with van der Waals surface area (Å²) in [6, 6.07) is 7.55. The molecule has 1 aromatic carbocycles. The second-order valence-electron chi connectivity index (χ2n) is 5.55. The van der Waals surface area contributed by atoms with Gasteiger partial charge in [-0.15, -0.1) is 0 Å². The number of aliphatic hydroxyl groups excluding tert-OH is 1. The lowest BCUT2D eigenvalue weighted by Crippen LogP contribution is -2.42. The summed E-state index contributed by atoms with van der Waals surface area (Å²) in [4.78, 5) is 13.9. The average Bonchev–Trinajstić information content (AvgIpc) is 3.00. The standard InChI is InChI=1S/C17H26N2O4/c1-2-22-15-5-7-16(8-6-15)23-11-9-18-17(21)12-19-10-3-4-14(19)13-20/h5-8,14,20H,2-4,9-13H2,1H3,(H,18,21)/t14-/m0/s1. The minimum atomic E-state index is -0.0272. The van der Waals surface area contributed by atoms with Gasteiger partial charge in [0.05, 0.1) is 26.3 Å². The number of rotatable bonds is 9. The Morgan fingerprint density at radius 3 is 2.65 bits per heavy atom. The van der Waals surface area contributed by atoms with E-state index < -0.39 is 0 Å². The molecule has 6 nitrogen and oxygen atoms in total. The molecule has 128 valence electrons. The molecular weight excluding hydrogens is 296 g/mol. The molecule has 0 bridgehead atoms. The molecule has 23 heavy (non-hydrogen) atoms. The number of nitrogens with one attached hydrogen (secondary N) is 1. The largest absolute Gasteiger partial charge is 0.494 e. The van der Waals surface area contributed by atoms with Crippen molar-refractivity contribution in [3.05, 3.63) is 24.3 Å². The molecule has 1 atom stereocenters. The van der Waals surface area contributed by atoms with Gasteiger partial charge >= 0.3 is 0 Å². The fourth-order valence-corrected chi connectivity index (χ4v) is 2.71. The monoisotopic (exact) mass is 322 g/mol. The van der Waals surface area contributed by atoms with Crippen molar-refractivity contribution in [3.63, 3.8) is 0 Å². The van der Waals surface area contributed by atoms with E-state index in [2.05, 4.69) is 5.32 Å². The molecule has 0 spiro atoms. The molecule has 1 saturated heterocycles. The Morgan fingerprint density at radius 1 is 1.30 bits per heavy atom. The third-order valence-corrected chi connectivity index (χ3v) is 3.88. The van der Waals surface area contributed by atoms with Gasteiger partial charge < -0.3 is 19.9 Å². The molecule has 1 heterocycles. The molecule has 1 amide bonds. The van der Waals surface area contributed by atoms with E-state index >= 15 is 0 Å². The molecular formula is C17H26N2O4. The molecule has 0 radical (unpaired) electrons. The smallest absolute Gasteiger partial charge is 0.234 e. The van der Waals surface area contributed by atoms with Crippen molar-refractivity contribution >= 4 is 5.91 Å². The zero-order chi connectivity index (χ0) is 16.5. The van der Waals surface area contributed by atoms with E-state index in [-0.39, 0.29) is 18.6 Å². The Bertz CT molecular complexity index is 478. The van der Waals surface area contributed by atoms with Gasteiger partial charge in [-0.1, -0.05) is 0 Å². The quantitative estimate of drug-likeness (QED) is 0.665.